The van der Waals surface area contributed by atoms with Gasteiger partial charge in [-0.15, -0.1) is 23.2 Å². The molecule has 0 bridgehead atoms. The van der Waals surface area contributed by atoms with Crippen molar-refractivity contribution in [3.8, 4) is 0 Å². The second-order valence-corrected chi connectivity index (χ2v) is 3.18. The lowest BCUT2D eigenvalue weighted by atomic mass is 10.1. The van der Waals surface area contributed by atoms with Crippen LogP contribution < -0.4 is 5.73 Å². The fraction of sp³-hybridized carbons (Fsp3) is 1.00. The number of halogens is 2. The minimum Gasteiger partial charge on any atom is -0.328 e. The Balaban J connectivity index is 3.00. The van der Waals surface area contributed by atoms with Crippen LogP contribution in [-0.4, -0.2) is 17.8 Å². The highest BCUT2D eigenvalue weighted by Crippen LogP contribution is 2.03. The summed E-state index contributed by atoms with van der Waals surface area (Å²) in [5.74, 6) is 1.43. The lowest BCUT2D eigenvalue weighted by Crippen LogP contribution is -2.19. The van der Waals surface area contributed by atoms with Crippen LogP contribution in [0.25, 0.3) is 0 Å². The van der Waals surface area contributed by atoms with E-state index in [4.69, 9.17) is 28.9 Å². The van der Waals surface area contributed by atoms with Gasteiger partial charge in [-0.05, 0) is 25.7 Å². The van der Waals surface area contributed by atoms with Crippen LogP contribution in [0.15, 0.2) is 0 Å². The number of hydrogen-bond donors (Lipinski definition) is 1. The highest BCUT2D eigenvalue weighted by molar-refractivity contribution is 6.18. The number of rotatable bonds is 6. The van der Waals surface area contributed by atoms with Crippen LogP contribution in [-0.2, 0) is 0 Å². The molecule has 0 atom stereocenters. The van der Waals surface area contributed by atoms with E-state index in [1.165, 1.54) is 0 Å². The van der Waals surface area contributed by atoms with E-state index in [1.807, 2.05) is 0 Å². The van der Waals surface area contributed by atoms with Gasteiger partial charge in [0.2, 0.25) is 0 Å². The molecule has 0 amide bonds. The summed E-state index contributed by atoms with van der Waals surface area (Å²) < 4.78 is 0. The van der Waals surface area contributed by atoms with Crippen molar-refractivity contribution in [1.29, 1.82) is 0 Å². The van der Waals surface area contributed by atoms with E-state index < -0.39 is 0 Å². The van der Waals surface area contributed by atoms with Crippen molar-refractivity contribution in [2.45, 2.75) is 31.7 Å². The summed E-state index contributed by atoms with van der Waals surface area (Å²) in [5.41, 5.74) is 5.73. The Bertz CT molecular complexity index is 60.6. The normalized spacial score (nSPS) is 10.8. The quantitative estimate of drug-likeness (QED) is 0.630. The first-order chi connectivity index (χ1) is 4.81. The third-order valence-electron chi connectivity index (χ3n) is 1.42. The van der Waals surface area contributed by atoms with Crippen LogP contribution in [0.2, 0.25) is 0 Å². The molecule has 1 nitrogen and oxygen atoms in total. The Morgan fingerprint density at radius 1 is 1.00 bits per heavy atom. The summed E-state index contributed by atoms with van der Waals surface area (Å²) in [6.07, 6.45) is 4.09. The molecule has 3 heteroatoms. The molecule has 0 aromatic rings. The van der Waals surface area contributed by atoms with Crippen molar-refractivity contribution >= 4 is 23.2 Å². The maximum atomic E-state index is 5.73. The first-order valence-electron chi connectivity index (χ1n) is 3.68. The van der Waals surface area contributed by atoms with E-state index in [2.05, 4.69) is 0 Å². The smallest absolute Gasteiger partial charge is 0.0224 e. The molecule has 0 aliphatic rings. The van der Waals surface area contributed by atoms with Gasteiger partial charge in [0.25, 0.3) is 0 Å². The van der Waals surface area contributed by atoms with E-state index in [0.29, 0.717) is 17.8 Å². The van der Waals surface area contributed by atoms with E-state index >= 15 is 0 Å². The van der Waals surface area contributed by atoms with Crippen molar-refractivity contribution in [3.63, 3.8) is 0 Å². The van der Waals surface area contributed by atoms with Crippen LogP contribution in [0, 0.1) is 0 Å². The van der Waals surface area contributed by atoms with Gasteiger partial charge in [-0.3, -0.25) is 0 Å². The first kappa shape index (κ1) is 10.5. The van der Waals surface area contributed by atoms with Crippen LogP contribution in [0.1, 0.15) is 25.7 Å². The molecule has 0 aliphatic carbocycles. The maximum absolute atomic E-state index is 5.73. The van der Waals surface area contributed by atoms with Crippen molar-refractivity contribution in [2.75, 3.05) is 11.8 Å². The van der Waals surface area contributed by atoms with Crippen molar-refractivity contribution < 1.29 is 0 Å². The predicted octanol–water partition coefficient (Wildman–Crippen LogP) is 2.35. The molecule has 0 aliphatic heterocycles. The fourth-order valence-corrected chi connectivity index (χ4v) is 1.13. The van der Waals surface area contributed by atoms with Gasteiger partial charge in [-0.1, -0.05) is 0 Å². The van der Waals surface area contributed by atoms with Crippen LogP contribution in [0.5, 0.6) is 0 Å². The summed E-state index contributed by atoms with van der Waals surface area (Å²) >= 11 is 11.0. The van der Waals surface area contributed by atoms with Crippen molar-refractivity contribution in [3.05, 3.63) is 0 Å². The average Bonchev–Trinajstić information content (AvgIpc) is 1.97. The van der Waals surface area contributed by atoms with Gasteiger partial charge < -0.3 is 5.73 Å². The largest absolute Gasteiger partial charge is 0.328 e. The highest BCUT2D eigenvalue weighted by Gasteiger charge is 1.99. The second-order valence-electron chi connectivity index (χ2n) is 2.42. The average molecular weight is 184 g/mol. The van der Waals surface area contributed by atoms with Gasteiger partial charge in [0.1, 0.15) is 0 Å². The van der Waals surface area contributed by atoms with E-state index in [-0.39, 0.29) is 0 Å². The molecule has 0 spiro atoms. The van der Waals surface area contributed by atoms with Crippen LogP contribution >= 0.6 is 23.2 Å². The molecule has 0 aromatic carbocycles. The number of hydrogen-bond acceptors (Lipinski definition) is 1. The molecular weight excluding hydrogens is 169 g/mol. The molecule has 0 unspecified atom stereocenters. The highest BCUT2D eigenvalue weighted by atomic mass is 35.5. The Morgan fingerprint density at radius 3 is 1.70 bits per heavy atom. The summed E-state index contributed by atoms with van der Waals surface area (Å²) in [6.45, 7) is 0. The van der Waals surface area contributed by atoms with Gasteiger partial charge in [0.05, 0.1) is 0 Å². The summed E-state index contributed by atoms with van der Waals surface area (Å²) in [5, 5.41) is 0. The maximum Gasteiger partial charge on any atom is 0.0224 e. The molecule has 0 rings (SSSR count). The lowest BCUT2D eigenvalue weighted by Gasteiger charge is -2.07. The molecule has 0 aromatic heterocycles. The molecule has 10 heavy (non-hydrogen) atoms. The zero-order chi connectivity index (χ0) is 7.82. The van der Waals surface area contributed by atoms with Gasteiger partial charge in [-0.2, -0.15) is 0 Å². The molecule has 0 radical (unpaired) electrons. The number of alkyl halides is 2. The van der Waals surface area contributed by atoms with E-state index in [9.17, 15) is 0 Å². The molecular formula is C7H15Cl2N. The minimum atomic E-state index is 0.303. The molecule has 0 fully saturated rings. The zero-order valence-electron chi connectivity index (χ0n) is 6.15. The standard InChI is InChI=1S/C7H15Cl2N/c8-5-1-3-7(10)4-2-6-9/h7H,1-6,10H2. The Labute approximate surface area is 72.9 Å². The number of nitrogens with two attached hydrogens (primary N) is 1. The van der Waals surface area contributed by atoms with E-state index in [0.717, 1.165) is 25.7 Å². The topological polar surface area (TPSA) is 26.0 Å². The summed E-state index contributed by atoms with van der Waals surface area (Å²) in [4.78, 5) is 0. The van der Waals surface area contributed by atoms with Gasteiger partial charge >= 0.3 is 0 Å². The molecule has 0 saturated carbocycles. The minimum absolute atomic E-state index is 0.303. The van der Waals surface area contributed by atoms with E-state index in [1.54, 1.807) is 0 Å². The van der Waals surface area contributed by atoms with Gasteiger partial charge in [0, 0.05) is 17.8 Å². The first-order valence-corrected chi connectivity index (χ1v) is 4.75. The summed E-state index contributed by atoms with van der Waals surface area (Å²) in [6, 6.07) is 0.303. The van der Waals surface area contributed by atoms with Crippen LogP contribution in [0.3, 0.4) is 0 Å². The zero-order valence-corrected chi connectivity index (χ0v) is 7.67. The second kappa shape index (κ2) is 7.64. The molecule has 62 valence electrons. The fourth-order valence-electron chi connectivity index (χ4n) is 0.823. The van der Waals surface area contributed by atoms with Crippen molar-refractivity contribution in [1.82, 2.24) is 0 Å². The lowest BCUT2D eigenvalue weighted by molar-refractivity contribution is 0.556. The summed E-state index contributed by atoms with van der Waals surface area (Å²) in [7, 11) is 0. The Hall–Kier alpha value is 0.540. The van der Waals surface area contributed by atoms with Crippen molar-refractivity contribution in [2.24, 2.45) is 5.73 Å². The third-order valence-corrected chi connectivity index (χ3v) is 1.95. The van der Waals surface area contributed by atoms with Crippen LogP contribution in [0.4, 0.5) is 0 Å². The third kappa shape index (κ3) is 6.66. The van der Waals surface area contributed by atoms with Gasteiger partial charge in [-0.25, -0.2) is 0 Å². The predicted molar refractivity (Wildman–Crippen MR) is 47.9 cm³/mol. The molecule has 0 saturated heterocycles. The van der Waals surface area contributed by atoms with Gasteiger partial charge in [0.15, 0.2) is 0 Å². The Kier molecular flexibility index (Phi) is 8.06. The Morgan fingerprint density at radius 2 is 1.40 bits per heavy atom. The monoisotopic (exact) mass is 183 g/mol. The molecule has 2 N–H and O–H groups in total. The molecule has 0 heterocycles. The SMILES string of the molecule is NC(CCCCl)CCCCl.